The summed E-state index contributed by atoms with van der Waals surface area (Å²) < 4.78 is 0. The van der Waals surface area contributed by atoms with E-state index in [1.807, 2.05) is 11.9 Å². The Hall–Kier alpha value is -1.69. The molecule has 1 fully saturated rings. The number of anilines is 1. The second kappa shape index (κ2) is 5.30. The van der Waals surface area contributed by atoms with E-state index in [9.17, 15) is 4.79 Å². The first-order valence-corrected chi connectivity index (χ1v) is 6.19. The van der Waals surface area contributed by atoms with Crippen LogP contribution in [0.4, 0.5) is 5.82 Å². The smallest absolute Gasteiger partial charge is 0.271 e. The molecule has 0 saturated heterocycles. The summed E-state index contributed by atoms with van der Waals surface area (Å²) in [5.41, 5.74) is 11.4. The van der Waals surface area contributed by atoms with Crippen molar-refractivity contribution in [1.29, 1.82) is 0 Å². The summed E-state index contributed by atoms with van der Waals surface area (Å²) in [6.07, 6.45) is 7.07. The van der Waals surface area contributed by atoms with Gasteiger partial charge < -0.3 is 16.4 Å². The molecule has 2 rings (SSSR count). The fraction of sp³-hybridized carbons (Fsp3) is 0.583. The van der Waals surface area contributed by atoms with Crippen molar-refractivity contribution in [2.45, 2.75) is 37.8 Å². The monoisotopic (exact) mass is 249 g/mol. The second-order valence-electron chi connectivity index (χ2n) is 4.77. The highest BCUT2D eigenvalue weighted by molar-refractivity contribution is 5.95. The van der Waals surface area contributed by atoms with Gasteiger partial charge >= 0.3 is 0 Å². The minimum atomic E-state index is -0.544. The Balaban J connectivity index is 2.18. The molecule has 98 valence electrons. The van der Waals surface area contributed by atoms with Gasteiger partial charge in [-0.2, -0.15) is 0 Å². The molecule has 1 aromatic heterocycles. The Morgan fingerprint density at radius 1 is 1.28 bits per heavy atom. The number of carbonyl (C=O) groups excluding carboxylic acids is 1. The fourth-order valence-corrected chi connectivity index (χ4v) is 2.42. The van der Waals surface area contributed by atoms with Crippen LogP contribution in [0, 0.1) is 0 Å². The predicted octanol–water partition coefficient (Wildman–Crippen LogP) is 0.282. The molecule has 0 atom stereocenters. The molecule has 0 aromatic carbocycles. The van der Waals surface area contributed by atoms with Gasteiger partial charge in [-0.15, -0.1) is 0 Å². The molecule has 1 amide bonds. The normalized spacial score (nSPS) is 23.7. The molecule has 1 saturated carbocycles. The third-order valence-corrected chi connectivity index (χ3v) is 3.54. The first kappa shape index (κ1) is 12.8. The lowest BCUT2D eigenvalue weighted by atomic mass is 9.91. The van der Waals surface area contributed by atoms with Crippen LogP contribution in [0.15, 0.2) is 12.4 Å². The van der Waals surface area contributed by atoms with E-state index in [4.69, 9.17) is 11.5 Å². The molecule has 0 bridgehead atoms. The largest absolute Gasteiger partial charge is 0.364 e. The summed E-state index contributed by atoms with van der Waals surface area (Å²) >= 11 is 0. The van der Waals surface area contributed by atoms with Crippen molar-refractivity contribution in [2.24, 2.45) is 11.5 Å². The number of amides is 1. The van der Waals surface area contributed by atoms with Crippen molar-refractivity contribution in [3.8, 4) is 0 Å². The summed E-state index contributed by atoms with van der Waals surface area (Å²) in [5.74, 6) is 0.0166. The number of hydrogen-bond donors (Lipinski definition) is 2. The highest BCUT2D eigenvalue weighted by atomic mass is 16.1. The Morgan fingerprint density at radius 3 is 2.50 bits per heavy atom. The van der Waals surface area contributed by atoms with Gasteiger partial charge in [-0.3, -0.25) is 4.79 Å². The minimum Gasteiger partial charge on any atom is -0.364 e. The Kier molecular flexibility index (Phi) is 3.76. The van der Waals surface area contributed by atoms with Gasteiger partial charge in [0.2, 0.25) is 0 Å². The predicted molar refractivity (Wildman–Crippen MR) is 69.2 cm³/mol. The first-order chi connectivity index (χ1) is 8.59. The van der Waals surface area contributed by atoms with Gasteiger partial charge in [0.1, 0.15) is 0 Å². The van der Waals surface area contributed by atoms with Crippen LogP contribution in [-0.4, -0.2) is 35.0 Å². The molecule has 1 aliphatic rings. The number of primary amides is 1. The van der Waals surface area contributed by atoms with E-state index in [1.54, 1.807) is 6.20 Å². The molecular weight excluding hydrogens is 230 g/mol. The maximum atomic E-state index is 11.3. The first-order valence-electron chi connectivity index (χ1n) is 6.19. The number of nitrogens with two attached hydrogens (primary N) is 2. The molecule has 1 aliphatic carbocycles. The van der Waals surface area contributed by atoms with E-state index in [2.05, 4.69) is 9.97 Å². The average Bonchev–Trinajstić information content (AvgIpc) is 2.39. The summed E-state index contributed by atoms with van der Waals surface area (Å²) in [6, 6.07) is 0.645. The molecule has 0 unspecified atom stereocenters. The average molecular weight is 249 g/mol. The van der Waals surface area contributed by atoms with E-state index in [0.29, 0.717) is 17.9 Å². The molecule has 0 aliphatic heterocycles. The van der Waals surface area contributed by atoms with E-state index in [1.165, 1.54) is 6.20 Å². The molecule has 1 aromatic rings. The number of hydrogen-bond acceptors (Lipinski definition) is 5. The van der Waals surface area contributed by atoms with E-state index >= 15 is 0 Å². The maximum absolute atomic E-state index is 11.3. The summed E-state index contributed by atoms with van der Waals surface area (Å²) in [7, 11) is 1.93. The SMILES string of the molecule is CN(c1nccnc1C(N)=O)C1CCC(N)CC1. The lowest BCUT2D eigenvalue weighted by molar-refractivity contribution is 0.0995. The van der Waals surface area contributed by atoms with Crippen molar-refractivity contribution in [2.75, 3.05) is 11.9 Å². The van der Waals surface area contributed by atoms with Crippen LogP contribution in [0.3, 0.4) is 0 Å². The molecule has 6 heteroatoms. The van der Waals surface area contributed by atoms with Gasteiger partial charge in [0.05, 0.1) is 0 Å². The molecule has 0 spiro atoms. The zero-order valence-corrected chi connectivity index (χ0v) is 10.5. The Labute approximate surface area is 106 Å². The Bertz CT molecular complexity index is 428. The number of carbonyl (C=O) groups is 1. The van der Waals surface area contributed by atoms with Crippen LogP contribution < -0.4 is 16.4 Å². The summed E-state index contributed by atoms with van der Waals surface area (Å²) in [4.78, 5) is 21.6. The zero-order valence-electron chi connectivity index (χ0n) is 10.5. The zero-order chi connectivity index (χ0) is 13.1. The fourth-order valence-electron chi connectivity index (χ4n) is 2.42. The number of rotatable bonds is 3. The number of aromatic nitrogens is 2. The van der Waals surface area contributed by atoms with Crippen molar-refractivity contribution in [3.63, 3.8) is 0 Å². The van der Waals surface area contributed by atoms with Crippen LogP contribution >= 0.6 is 0 Å². The quantitative estimate of drug-likeness (QED) is 0.801. The molecule has 6 nitrogen and oxygen atoms in total. The van der Waals surface area contributed by atoms with Crippen LogP contribution in [0.1, 0.15) is 36.2 Å². The summed E-state index contributed by atoms with van der Waals surface area (Å²) in [6.45, 7) is 0. The van der Waals surface area contributed by atoms with Gasteiger partial charge in [-0.1, -0.05) is 0 Å². The second-order valence-corrected chi connectivity index (χ2v) is 4.77. The van der Waals surface area contributed by atoms with Crippen LogP contribution in [0.5, 0.6) is 0 Å². The maximum Gasteiger partial charge on any atom is 0.271 e. The van der Waals surface area contributed by atoms with Gasteiger partial charge in [0.25, 0.3) is 5.91 Å². The third-order valence-electron chi connectivity index (χ3n) is 3.54. The molecular formula is C12H19N5O. The highest BCUT2D eigenvalue weighted by Gasteiger charge is 2.25. The van der Waals surface area contributed by atoms with Gasteiger partial charge in [-0.05, 0) is 25.7 Å². The standard InChI is InChI=1S/C12H19N5O/c1-17(9-4-2-8(13)3-5-9)12-10(11(14)18)15-6-7-16-12/h6-9H,2-5,13H2,1H3,(H2,14,18). The summed E-state index contributed by atoms with van der Waals surface area (Å²) in [5, 5.41) is 0. The molecule has 18 heavy (non-hydrogen) atoms. The topological polar surface area (TPSA) is 98.1 Å². The lowest BCUT2D eigenvalue weighted by Crippen LogP contribution is -2.40. The molecule has 1 heterocycles. The molecule has 4 N–H and O–H groups in total. The Morgan fingerprint density at radius 2 is 1.89 bits per heavy atom. The van der Waals surface area contributed by atoms with Crippen LogP contribution in [-0.2, 0) is 0 Å². The van der Waals surface area contributed by atoms with Gasteiger partial charge in [0.15, 0.2) is 11.5 Å². The van der Waals surface area contributed by atoms with E-state index in [0.717, 1.165) is 25.7 Å². The highest BCUT2D eigenvalue weighted by Crippen LogP contribution is 2.25. The van der Waals surface area contributed by atoms with Crippen molar-refractivity contribution in [3.05, 3.63) is 18.1 Å². The molecule has 0 radical (unpaired) electrons. The van der Waals surface area contributed by atoms with Crippen molar-refractivity contribution < 1.29 is 4.79 Å². The minimum absolute atomic E-state index is 0.231. The van der Waals surface area contributed by atoms with E-state index < -0.39 is 5.91 Å². The third kappa shape index (κ3) is 2.59. The number of nitrogens with zero attached hydrogens (tertiary/aromatic N) is 3. The van der Waals surface area contributed by atoms with Crippen molar-refractivity contribution >= 4 is 11.7 Å². The van der Waals surface area contributed by atoms with E-state index in [-0.39, 0.29) is 5.69 Å². The van der Waals surface area contributed by atoms with Crippen LogP contribution in [0.2, 0.25) is 0 Å². The lowest BCUT2D eigenvalue weighted by Gasteiger charge is -2.34. The van der Waals surface area contributed by atoms with Gasteiger partial charge in [0, 0.05) is 31.5 Å². The van der Waals surface area contributed by atoms with Crippen molar-refractivity contribution in [1.82, 2.24) is 9.97 Å². The van der Waals surface area contributed by atoms with Gasteiger partial charge in [-0.25, -0.2) is 9.97 Å². The van der Waals surface area contributed by atoms with Crippen LogP contribution in [0.25, 0.3) is 0 Å².